The van der Waals surface area contributed by atoms with E-state index in [1.165, 1.54) is 0 Å². The molecule has 2 aromatic rings. The summed E-state index contributed by atoms with van der Waals surface area (Å²) >= 11 is 0. The van der Waals surface area contributed by atoms with Crippen LogP contribution >= 0.6 is 0 Å². The average molecular weight is 302 g/mol. The van der Waals surface area contributed by atoms with E-state index in [-0.39, 0.29) is 12.1 Å². The van der Waals surface area contributed by atoms with Crippen LogP contribution in [-0.2, 0) is 13.1 Å². The van der Waals surface area contributed by atoms with Gasteiger partial charge in [-0.15, -0.1) is 0 Å². The first-order valence-corrected chi connectivity index (χ1v) is 7.37. The Morgan fingerprint density at radius 1 is 1.32 bits per heavy atom. The van der Waals surface area contributed by atoms with Crippen LogP contribution < -0.4 is 15.4 Å². The van der Waals surface area contributed by atoms with Gasteiger partial charge in [-0.2, -0.15) is 0 Å². The monoisotopic (exact) mass is 302 g/mol. The quantitative estimate of drug-likeness (QED) is 0.823. The maximum Gasteiger partial charge on any atom is 0.315 e. The number of nitrogens with one attached hydrogen (secondary N) is 2. The van der Waals surface area contributed by atoms with Gasteiger partial charge in [0.2, 0.25) is 0 Å². The summed E-state index contributed by atoms with van der Waals surface area (Å²) in [5.41, 5.74) is 0.959. The Labute approximate surface area is 130 Å². The first-order valence-electron chi connectivity index (χ1n) is 7.37. The molecular weight excluding hydrogens is 280 g/mol. The Kier molecular flexibility index (Phi) is 5.82. The van der Waals surface area contributed by atoms with Crippen molar-refractivity contribution in [2.75, 3.05) is 6.54 Å². The lowest BCUT2D eigenvalue weighted by atomic mass is 10.2. The number of hydrogen-bond donors (Lipinski definition) is 2. The van der Waals surface area contributed by atoms with Crippen LogP contribution in [0.4, 0.5) is 4.79 Å². The molecule has 6 nitrogen and oxygen atoms in total. The fourth-order valence-electron chi connectivity index (χ4n) is 1.97. The molecule has 0 aliphatic carbocycles. The summed E-state index contributed by atoms with van der Waals surface area (Å²) in [6.07, 6.45) is 5.40. The van der Waals surface area contributed by atoms with E-state index in [2.05, 4.69) is 15.6 Å². The smallest absolute Gasteiger partial charge is 0.315 e. The highest BCUT2D eigenvalue weighted by Gasteiger charge is 2.06. The zero-order chi connectivity index (χ0) is 15.8. The Balaban J connectivity index is 1.76. The van der Waals surface area contributed by atoms with Crippen LogP contribution in [0.1, 0.15) is 19.4 Å². The van der Waals surface area contributed by atoms with Crippen molar-refractivity contribution in [3.63, 3.8) is 0 Å². The van der Waals surface area contributed by atoms with E-state index in [0.29, 0.717) is 19.6 Å². The van der Waals surface area contributed by atoms with Crippen molar-refractivity contribution in [1.82, 2.24) is 20.2 Å². The Hall–Kier alpha value is -2.50. The van der Waals surface area contributed by atoms with Crippen LogP contribution in [0, 0.1) is 0 Å². The van der Waals surface area contributed by atoms with Crippen molar-refractivity contribution in [2.24, 2.45) is 0 Å². The molecule has 6 heteroatoms. The van der Waals surface area contributed by atoms with Crippen molar-refractivity contribution >= 4 is 6.03 Å². The van der Waals surface area contributed by atoms with Gasteiger partial charge in [-0.1, -0.05) is 18.2 Å². The highest BCUT2D eigenvalue weighted by molar-refractivity contribution is 5.73. The number of nitrogens with zero attached hydrogens (tertiary/aromatic N) is 2. The topological polar surface area (TPSA) is 68.2 Å². The molecule has 1 heterocycles. The normalized spacial score (nSPS) is 10.5. The maximum absolute atomic E-state index is 11.8. The minimum Gasteiger partial charge on any atom is -0.491 e. The first-order chi connectivity index (χ1) is 10.6. The van der Waals surface area contributed by atoms with Gasteiger partial charge in [-0.05, 0) is 19.9 Å². The highest BCUT2D eigenvalue weighted by atomic mass is 16.5. The third-order valence-corrected chi connectivity index (χ3v) is 2.99. The van der Waals surface area contributed by atoms with Gasteiger partial charge in [0.1, 0.15) is 5.75 Å². The average Bonchev–Trinajstić information content (AvgIpc) is 2.99. The predicted molar refractivity (Wildman–Crippen MR) is 84.7 cm³/mol. The van der Waals surface area contributed by atoms with E-state index in [9.17, 15) is 4.79 Å². The summed E-state index contributed by atoms with van der Waals surface area (Å²) in [6.45, 7) is 5.63. The van der Waals surface area contributed by atoms with Gasteiger partial charge >= 0.3 is 6.03 Å². The molecule has 1 aromatic heterocycles. The second-order valence-corrected chi connectivity index (χ2v) is 5.18. The number of hydrogen-bond acceptors (Lipinski definition) is 3. The van der Waals surface area contributed by atoms with E-state index >= 15 is 0 Å². The molecule has 2 amide bonds. The molecule has 0 aliphatic rings. The fourth-order valence-corrected chi connectivity index (χ4v) is 1.97. The molecule has 22 heavy (non-hydrogen) atoms. The lowest BCUT2D eigenvalue weighted by molar-refractivity contribution is 0.235. The first kappa shape index (κ1) is 15.9. The number of ether oxygens (including phenoxy) is 1. The van der Waals surface area contributed by atoms with Crippen LogP contribution in [0.25, 0.3) is 0 Å². The second kappa shape index (κ2) is 8.07. The van der Waals surface area contributed by atoms with Gasteiger partial charge in [0.05, 0.1) is 12.4 Å². The summed E-state index contributed by atoms with van der Waals surface area (Å²) in [5, 5.41) is 5.65. The van der Waals surface area contributed by atoms with Crippen molar-refractivity contribution in [1.29, 1.82) is 0 Å². The third-order valence-electron chi connectivity index (χ3n) is 2.99. The molecule has 1 aromatic carbocycles. The lowest BCUT2D eigenvalue weighted by Crippen LogP contribution is -2.36. The Morgan fingerprint density at radius 2 is 2.14 bits per heavy atom. The number of rotatable bonds is 7. The third kappa shape index (κ3) is 5.12. The summed E-state index contributed by atoms with van der Waals surface area (Å²) in [5.74, 6) is 0.802. The minimum absolute atomic E-state index is 0.102. The molecule has 0 saturated heterocycles. The van der Waals surface area contributed by atoms with Crippen LogP contribution in [0.15, 0.2) is 43.0 Å². The van der Waals surface area contributed by atoms with Gasteiger partial charge in [0.15, 0.2) is 0 Å². The van der Waals surface area contributed by atoms with Crippen LogP contribution in [0.2, 0.25) is 0 Å². The van der Waals surface area contributed by atoms with Crippen LogP contribution in [-0.4, -0.2) is 28.2 Å². The Morgan fingerprint density at radius 3 is 2.86 bits per heavy atom. The SMILES string of the molecule is CC(C)Oc1ccccc1CNC(=O)NCCn1ccnc1. The van der Waals surface area contributed by atoms with Gasteiger partial charge in [0, 0.05) is 37.6 Å². The zero-order valence-electron chi connectivity index (χ0n) is 13.0. The number of imidazole rings is 1. The zero-order valence-corrected chi connectivity index (χ0v) is 13.0. The molecule has 0 fully saturated rings. The van der Waals surface area contributed by atoms with Gasteiger partial charge in [0.25, 0.3) is 0 Å². The molecule has 0 aliphatic heterocycles. The van der Waals surface area contributed by atoms with E-state index in [1.54, 1.807) is 12.5 Å². The fraction of sp³-hybridized carbons (Fsp3) is 0.375. The van der Waals surface area contributed by atoms with E-state index in [1.807, 2.05) is 48.9 Å². The van der Waals surface area contributed by atoms with E-state index in [0.717, 1.165) is 11.3 Å². The number of amides is 2. The van der Waals surface area contributed by atoms with Crippen molar-refractivity contribution in [3.05, 3.63) is 48.5 Å². The molecule has 0 atom stereocenters. The molecule has 118 valence electrons. The molecular formula is C16H22N4O2. The maximum atomic E-state index is 11.8. The van der Waals surface area contributed by atoms with Gasteiger partial charge < -0.3 is 19.9 Å². The van der Waals surface area contributed by atoms with Gasteiger partial charge in [-0.25, -0.2) is 9.78 Å². The number of aromatic nitrogens is 2. The molecule has 0 unspecified atom stereocenters. The summed E-state index contributed by atoms with van der Waals surface area (Å²) in [7, 11) is 0. The minimum atomic E-state index is -0.195. The highest BCUT2D eigenvalue weighted by Crippen LogP contribution is 2.18. The molecule has 2 N–H and O–H groups in total. The molecule has 2 rings (SSSR count). The van der Waals surface area contributed by atoms with Crippen molar-refractivity contribution in [3.8, 4) is 5.75 Å². The number of para-hydroxylation sites is 1. The van der Waals surface area contributed by atoms with Crippen LogP contribution in [0.5, 0.6) is 5.75 Å². The summed E-state index contributed by atoms with van der Waals surface area (Å²) < 4.78 is 7.63. The predicted octanol–water partition coefficient (Wildman–Crippen LogP) is 2.17. The van der Waals surface area contributed by atoms with Gasteiger partial charge in [-0.3, -0.25) is 0 Å². The second-order valence-electron chi connectivity index (χ2n) is 5.18. The number of carbonyl (C=O) groups excluding carboxylic acids is 1. The Bertz CT molecular complexity index is 582. The summed E-state index contributed by atoms with van der Waals surface area (Å²) in [6, 6.07) is 7.52. The lowest BCUT2D eigenvalue weighted by Gasteiger charge is -2.14. The number of urea groups is 1. The van der Waals surface area contributed by atoms with Crippen molar-refractivity contribution in [2.45, 2.75) is 33.0 Å². The molecule has 0 spiro atoms. The molecule has 0 bridgehead atoms. The standard InChI is InChI=1S/C16H22N4O2/c1-13(2)22-15-6-4-3-5-14(15)11-19-16(21)18-8-10-20-9-7-17-12-20/h3-7,9,12-13H,8,10-11H2,1-2H3,(H2,18,19,21). The summed E-state index contributed by atoms with van der Waals surface area (Å²) in [4.78, 5) is 15.7. The van der Waals surface area contributed by atoms with Crippen molar-refractivity contribution < 1.29 is 9.53 Å². The van der Waals surface area contributed by atoms with E-state index < -0.39 is 0 Å². The largest absolute Gasteiger partial charge is 0.491 e. The van der Waals surface area contributed by atoms with Crippen LogP contribution in [0.3, 0.4) is 0 Å². The number of carbonyl (C=O) groups is 1. The molecule has 0 saturated carbocycles. The number of benzene rings is 1. The van der Waals surface area contributed by atoms with E-state index in [4.69, 9.17) is 4.74 Å². The molecule has 0 radical (unpaired) electrons.